The van der Waals surface area contributed by atoms with E-state index in [2.05, 4.69) is 30.6 Å². The van der Waals surface area contributed by atoms with Crippen molar-refractivity contribution in [2.45, 2.75) is 13.8 Å². The molecule has 0 unspecified atom stereocenters. The van der Waals surface area contributed by atoms with Crippen LogP contribution in [0.4, 0.5) is 5.95 Å². The normalized spacial score (nSPS) is 11.0. The highest BCUT2D eigenvalue weighted by Gasteiger charge is 2.16. The summed E-state index contributed by atoms with van der Waals surface area (Å²) in [5.74, 6) is 0.430. The first-order valence-corrected chi connectivity index (χ1v) is 7.72. The molecule has 0 fully saturated rings. The van der Waals surface area contributed by atoms with Gasteiger partial charge in [-0.2, -0.15) is 10.1 Å². The van der Waals surface area contributed by atoms with Crippen LogP contribution in [0.5, 0.6) is 0 Å². The highest BCUT2D eigenvalue weighted by molar-refractivity contribution is 6.07. The van der Waals surface area contributed by atoms with Gasteiger partial charge in [-0.05, 0) is 19.9 Å². The fourth-order valence-electron chi connectivity index (χ4n) is 2.45. The molecule has 4 rings (SSSR count). The van der Waals surface area contributed by atoms with E-state index in [1.54, 1.807) is 10.7 Å². The van der Waals surface area contributed by atoms with E-state index in [0.717, 1.165) is 16.8 Å². The largest absolute Gasteiger partial charge is 0.289 e. The summed E-state index contributed by atoms with van der Waals surface area (Å²) in [6.07, 6.45) is 3.24. The van der Waals surface area contributed by atoms with Gasteiger partial charge in [0.25, 0.3) is 5.91 Å². The first-order valence-electron chi connectivity index (χ1n) is 7.72. The number of amides is 1. The summed E-state index contributed by atoms with van der Waals surface area (Å²) >= 11 is 0. The molecule has 8 nitrogen and oxygen atoms in total. The van der Waals surface area contributed by atoms with E-state index in [9.17, 15) is 4.79 Å². The third kappa shape index (κ3) is 2.85. The maximum Gasteiger partial charge on any atom is 0.263 e. The van der Waals surface area contributed by atoms with Crippen LogP contribution in [0.2, 0.25) is 0 Å². The number of carbonyl (C=O) groups is 1. The summed E-state index contributed by atoms with van der Waals surface area (Å²) in [7, 11) is 0. The zero-order valence-corrected chi connectivity index (χ0v) is 13.7. The second kappa shape index (κ2) is 5.82. The number of nitrogens with zero attached hydrogens (tertiary/aromatic N) is 5. The Labute approximate surface area is 142 Å². The van der Waals surface area contributed by atoms with Crippen LogP contribution in [-0.2, 0) is 0 Å². The zero-order valence-electron chi connectivity index (χ0n) is 13.7. The lowest BCUT2D eigenvalue weighted by molar-refractivity contribution is 0.102. The molecule has 0 saturated heterocycles. The van der Waals surface area contributed by atoms with E-state index in [1.807, 2.05) is 44.2 Å². The number of hydrogen-bond donors (Lipinski definition) is 2. The van der Waals surface area contributed by atoms with Crippen LogP contribution in [0, 0.1) is 13.8 Å². The van der Waals surface area contributed by atoms with Crippen molar-refractivity contribution in [2.24, 2.45) is 0 Å². The van der Waals surface area contributed by atoms with Crippen molar-refractivity contribution in [2.75, 3.05) is 5.32 Å². The number of carbonyl (C=O) groups excluding carboxylic acids is 1. The zero-order chi connectivity index (χ0) is 17.4. The fourth-order valence-corrected chi connectivity index (χ4v) is 2.45. The second-order valence-electron chi connectivity index (χ2n) is 5.72. The topological polar surface area (TPSA) is 101 Å². The van der Waals surface area contributed by atoms with E-state index in [0.29, 0.717) is 17.0 Å². The lowest BCUT2D eigenvalue weighted by Crippen LogP contribution is -2.13. The SMILES string of the molecule is Cc1ccc(-c2nc(NC(=O)c3cnn4ccc(C)nc34)n[nH]2)cc1. The molecule has 0 atom stereocenters. The quantitative estimate of drug-likeness (QED) is 0.599. The summed E-state index contributed by atoms with van der Waals surface area (Å²) in [6, 6.07) is 9.69. The molecule has 124 valence electrons. The van der Waals surface area contributed by atoms with Crippen LogP contribution in [0.15, 0.2) is 42.7 Å². The van der Waals surface area contributed by atoms with Gasteiger partial charge in [-0.3, -0.25) is 15.2 Å². The van der Waals surface area contributed by atoms with Crippen molar-refractivity contribution in [3.8, 4) is 11.4 Å². The number of aryl methyl sites for hydroxylation is 2. The highest BCUT2D eigenvalue weighted by Crippen LogP contribution is 2.17. The first kappa shape index (κ1) is 15.0. The third-order valence-corrected chi connectivity index (χ3v) is 3.79. The minimum atomic E-state index is -0.359. The Kier molecular flexibility index (Phi) is 3.50. The van der Waals surface area contributed by atoms with Gasteiger partial charge in [0.2, 0.25) is 5.95 Å². The maximum atomic E-state index is 12.5. The molecule has 0 aliphatic heterocycles. The molecule has 1 amide bonds. The number of aromatic nitrogens is 6. The molecule has 8 heteroatoms. The summed E-state index contributed by atoms with van der Waals surface area (Å²) in [4.78, 5) is 21.2. The van der Waals surface area contributed by atoms with Crippen molar-refractivity contribution in [3.05, 3.63) is 59.5 Å². The number of anilines is 1. The predicted octanol–water partition coefficient (Wildman–Crippen LogP) is 2.38. The Morgan fingerprint density at radius 2 is 1.92 bits per heavy atom. The molecule has 3 heterocycles. The van der Waals surface area contributed by atoms with E-state index in [4.69, 9.17) is 0 Å². The average molecular weight is 333 g/mol. The molecular formula is C17H15N7O. The molecule has 0 radical (unpaired) electrons. The number of H-pyrrole nitrogens is 1. The lowest BCUT2D eigenvalue weighted by Gasteiger charge is -1.99. The van der Waals surface area contributed by atoms with Crippen LogP contribution < -0.4 is 5.32 Å². The summed E-state index contributed by atoms with van der Waals surface area (Å²) in [6.45, 7) is 3.87. The fraction of sp³-hybridized carbons (Fsp3) is 0.118. The molecule has 2 N–H and O–H groups in total. The Morgan fingerprint density at radius 1 is 1.12 bits per heavy atom. The number of benzene rings is 1. The number of nitrogens with one attached hydrogen (secondary N) is 2. The number of aromatic amines is 1. The number of hydrogen-bond acceptors (Lipinski definition) is 5. The number of rotatable bonds is 3. The summed E-state index contributed by atoms with van der Waals surface area (Å²) in [5, 5.41) is 13.7. The average Bonchev–Trinajstić information content (AvgIpc) is 3.22. The van der Waals surface area contributed by atoms with Crippen LogP contribution in [0.3, 0.4) is 0 Å². The lowest BCUT2D eigenvalue weighted by atomic mass is 10.1. The molecule has 0 aliphatic carbocycles. The minimum Gasteiger partial charge on any atom is -0.289 e. The maximum absolute atomic E-state index is 12.5. The van der Waals surface area contributed by atoms with Gasteiger partial charge in [-0.25, -0.2) is 9.50 Å². The van der Waals surface area contributed by atoms with E-state index >= 15 is 0 Å². The van der Waals surface area contributed by atoms with Crippen LogP contribution >= 0.6 is 0 Å². The number of fused-ring (bicyclic) bond motifs is 1. The van der Waals surface area contributed by atoms with Gasteiger partial charge in [-0.1, -0.05) is 29.8 Å². The predicted molar refractivity (Wildman–Crippen MR) is 92.2 cm³/mol. The Hall–Kier alpha value is -3.55. The van der Waals surface area contributed by atoms with Gasteiger partial charge >= 0.3 is 0 Å². The third-order valence-electron chi connectivity index (χ3n) is 3.79. The molecule has 0 aliphatic rings. The first-order chi connectivity index (χ1) is 12.1. The van der Waals surface area contributed by atoms with E-state index < -0.39 is 0 Å². The van der Waals surface area contributed by atoms with Crippen molar-refractivity contribution in [1.82, 2.24) is 29.8 Å². The van der Waals surface area contributed by atoms with Gasteiger partial charge in [0, 0.05) is 17.5 Å². The standard InChI is InChI=1S/C17H15N7O/c1-10-3-5-12(6-4-10)14-20-17(23-22-14)21-16(25)13-9-18-24-8-7-11(2)19-15(13)24/h3-9H,1-2H3,(H2,20,21,22,23,25). The van der Waals surface area contributed by atoms with Crippen LogP contribution in [0.1, 0.15) is 21.6 Å². The van der Waals surface area contributed by atoms with Gasteiger partial charge in [-0.15, -0.1) is 5.10 Å². The van der Waals surface area contributed by atoms with Gasteiger partial charge in [0.1, 0.15) is 5.56 Å². The van der Waals surface area contributed by atoms with Crippen molar-refractivity contribution in [3.63, 3.8) is 0 Å². The van der Waals surface area contributed by atoms with Gasteiger partial charge < -0.3 is 0 Å². The smallest absolute Gasteiger partial charge is 0.263 e. The molecule has 25 heavy (non-hydrogen) atoms. The van der Waals surface area contributed by atoms with Crippen molar-refractivity contribution in [1.29, 1.82) is 0 Å². The molecule has 0 saturated carbocycles. The Balaban J connectivity index is 1.58. The van der Waals surface area contributed by atoms with Crippen molar-refractivity contribution < 1.29 is 4.79 Å². The van der Waals surface area contributed by atoms with Gasteiger partial charge in [0.15, 0.2) is 11.5 Å². The molecule has 0 bridgehead atoms. The molecule has 1 aromatic carbocycles. The molecule has 0 spiro atoms. The Bertz CT molecular complexity index is 1060. The Morgan fingerprint density at radius 3 is 2.72 bits per heavy atom. The van der Waals surface area contributed by atoms with E-state index in [1.165, 1.54) is 6.20 Å². The molecule has 3 aromatic heterocycles. The second-order valence-corrected chi connectivity index (χ2v) is 5.72. The van der Waals surface area contributed by atoms with Gasteiger partial charge in [0.05, 0.1) is 6.20 Å². The molecule has 4 aromatic rings. The monoisotopic (exact) mass is 333 g/mol. The van der Waals surface area contributed by atoms with Crippen molar-refractivity contribution >= 4 is 17.5 Å². The van der Waals surface area contributed by atoms with Crippen LogP contribution in [0.25, 0.3) is 17.0 Å². The molecular weight excluding hydrogens is 318 g/mol. The minimum absolute atomic E-state index is 0.201. The van der Waals surface area contributed by atoms with Crippen LogP contribution in [-0.4, -0.2) is 35.7 Å². The highest BCUT2D eigenvalue weighted by atomic mass is 16.1. The summed E-state index contributed by atoms with van der Waals surface area (Å²) < 4.78 is 1.55. The summed E-state index contributed by atoms with van der Waals surface area (Å²) in [5.41, 5.74) is 3.72. The van der Waals surface area contributed by atoms with E-state index in [-0.39, 0.29) is 11.9 Å².